The lowest BCUT2D eigenvalue weighted by atomic mass is 10.2. The molecule has 0 saturated carbocycles. The van der Waals surface area contributed by atoms with Crippen LogP contribution in [0.2, 0.25) is 10.0 Å². The number of allylic oxidation sites excluding steroid dienone is 1. The zero-order chi connectivity index (χ0) is 22.8. The molecule has 0 unspecified atom stereocenters. The third kappa shape index (κ3) is 7.82. The van der Waals surface area contributed by atoms with E-state index < -0.39 is 11.9 Å². The molecule has 0 aliphatic carbocycles. The minimum Gasteiger partial charge on any atom is -0.478 e. The summed E-state index contributed by atoms with van der Waals surface area (Å²) in [5, 5.41) is 22.4. The monoisotopic (exact) mass is 571 g/mol. The topological polar surface area (TPSA) is 105 Å². The van der Waals surface area contributed by atoms with Crippen LogP contribution in [0.1, 0.15) is 20.7 Å². The lowest BCUT2D eigenvalue weighted by Crippen LogP contribution is -2.05. The van der Waals surface area contributed by atoms with Gasteiger partial charge >= 0.3 is 11.9 Å². The van der Waals surface area contributed by atoms with Gasteiger partial charge in [0.15, 0.2) is 0 Å². The van der Waals surface area contributed by atoms with Crippen LogP contribution in [-0.4, -0.2) is 44.7 Å². The first-order chi connectivity index (χ1) is 14.8. The van der Waals surface area contributed by atoms with Gasteiger partial charge in [0.2, 0.25) is 0 Å². The van der Waals surface area contributed by atoms with E-state index in [9.17, 15) is 9.59 Å². The maximum Gasteiger partial charge on any atom is 0.337 e. The lowest BCUT2D eigenvalue weighted by Gasteiger charge is -2.05. The van der Waals surface area contributed by atoms with E-state index in [0.29, 0.717) is 19.3 Å². The van der Waals surface area contributed by atoms with E-state index in [1.165, 1.54) is 16.8 Å². The summed E-state index contributed by atoms with van der Waals surface area (Å²) in [6, 6.07) is 11.2. The van der Waals surface area contributed by atoms with E-state index in [4.69, 9.17) is 33.4 Å². The molecule has 1 aliphatic heterocycles. The smallest absolute Gasteiger partial charge is 0.337 e. The minimum absolute atomic E-state index is 0.131. The van der Waals surface area contributed by atoms with Gasteiger partial charge in [-0.3, -0.25) is 4.99 Å². The van der Waals surface area contributed by atoms with E-state index in [-0.39, 0.29) is 11.1 Å². The molecule has 0 bridgehead atoms. The Morgan fingerprint density at radius 3 is 2.10 bits per heavy atom. The first-order valence-electron chi connectivity index (χ1n) is 8.65. The Balaban J connectivity index is 0.000000186. The predicted octanol–water partition coefficient (Wildman–Crippen LogP) is 5.49. The number of carbonyl (C=O) groups is 2. The number of halogens is 3. The Labute approximate surface area is 201 Å². The molecule has 0 radical (unpaired) electrons. The largest absolute Gasteiger partial charge is 0.478 e. The van der Waals surface area contributed by atoms with Crippen molar-refractivity contribution in [1.29, 1.82) is 0 Å². The fourth-order valence-electron chi connectivity index (χ4n) is 2.26. The number of carboxylic acids is 2. The molecule has 0 fully saturated rings. The van der Waals surface area contributed by atoms with Crippen LogP contribution in [-0.2, 0) is 0 Å². The van der Waals surface area contributed by atoms with Crippen LogP contribution in [0, 0.1) is 3.57 Å². The van der Waals surface area contributed by atoms with Crippen LogP contribution >= 0.6 is 45.8 Å². The summed E-state index contributed by atoms with van der Waals surface area (Å²) in [7, 11) is 0. The van der Waals surface area contributed by atoms with Gasteiger partial charge in [0.05, 0.1) is 23.4 Å². The number of aromatic nitrogens is 2. The van der Waals surface area contributed by atoms with Crippen molar-refractivity contribution in [3.63, 3.8) is 0 Å². The number of carboxylic acid groups (broad SMARTS) is 2. The maximum absolute atomic E-state index is 11.0. The van der Waals surface area contributed by atoms with Gasteiger partial charge in [-0.2, -0.15) is 5.10 Å². The van der Waals surface area contributed by atoms with Gasteiger partial charge in [0, 0.05) is 32.2 Å². The fraction of sp³-hybridized carbons (Fsp3) is 0.0476. The van der Waals surface area contributed by atoms with Crippen molar-refractivity contribution in [3.05, 3.63) is 91.8 Å². The number of nitrogens with zero attached hydrogens (tertiary/aromatic N) is 3. The fourth-order valence-corrected chi connectivity index (χ4v) is 3.17. The van der Waals surface area contributed by atoms with Crippen molar-refractivity contribution in [2.24, 2.45) is 4.99 Å². The quantitative estimate of drug-likeness (QED) is 0.404. The molecule has 2 N–H and O–H groups in total. The number of aliphatic imine (C=N–C) groups is 1. The van der Waals surface area contributed by atoms with Crippen molar-refractivity contribution < 1.29 is 19.8 Å². The van der Waals surface area contributed by atoms with Crippen LogP contribution in [0.4, 0.5) is 0 Å². The Kier molecular flexibility index (Phi) is 9.70. The molecule has 2 heterocycles. The van der Waals surface area contributed by atoms with Crippen LogP contribution in [0.25, 0.3) is 5.69 Å². The Hall–Kier alpha value is -2.69. The Morgan fingerprint density at radius 1 is 1.00 bits per heavy atom. The molecule has 1 aliphatic rings. The second-order valence-electron chi connectivity index (χ2n) is 5.79. The van der Waals surface area contributed by atoms with Gasteiger partial charge in [-0.1, -0.05) is 29.3 Å². The second kappa shape index (κ2) is 12.2. The summed E-state index contributed by atoms with van der Waals surface area (Å²) in [5.41, 5.74) is 0.876. The maximum atomic E-state index is 11.0. The molecule has 0 atom stereocenters. The average Bonchev–Trinajstić information content (AvgIpc) is 3.47. The standard InChI is InChI=1S/C10H7ClN2O2.C7H4ClIO2.C4H5N/c11-7-2-3-9(8(6-7)10(14)15)13-5-1-4-12-13;8-4-1-2-6(9)5(3-4)7(10)11;1-2-4-5-3-1/h1-6H,(H,14,15);1-3H,(H,10,11);1-3H,4H2. The molecule has 31 heavy (non-hydrogen) atoms. The highest BCUT2D eigenvalue weighted by Gasteiger charge is 2.12. The highest BCUT2D eigenvalue weighted by atomic mass is 127. The summed E-state index contributed by atoms with van der Waals surface area (Å²) in [6.45, 7) is 0.889. The molecular formula is C21H16Cl2IN3O4. The van der Waals surface area contributed by atoms with Gasteiger partial charge in [-0.15, -0.1) is 0 Å². The van der Waals surface area contributed by atoms with Gasteiger partial charge in [-0.25, -0.2) is 14.3 Å². The van der Waals surface area contributed by atoms with Crippen LogP contribution in [0.5, 0.6) is 0 Å². The normalized spacial score (nSPS) is 11.2. The van der Waals surface area contributed by atoms with E-state index in [0.717, 1.165) is 6.54 Å². The zero-order valence-electron chi connectivity index (χ0n) is 15.8. The number of aromatic carboxylic acids is 2. The molecule has 0 spiro atoms. The van der Waals surface area contributed by atoms with E-state index in [1.807, 2.05) is 34.7 Å². The molecule has 1 aromatic heterocycles. The molecular weight excluding hydrogens is 556 g/mol. The van der Waals surface area contributed by atoms with Crippen molar-refractivity contribution in [3.8, 4) is 5.69 Å². The highest BCUT2D eigenvalue weighted by molar-refractivity contribution is 14.1. The van der Waals surface area contributed by atoms with Gasteiger partial charge in [0.1, 0.15) is 0 Å². The van der Waals surface area contributed by atoms with Crippen LogP contribution in [0.15, 0.2) is 72.0 Å². The SMILES string of the molecule is C1=CCN=C1.O=C(O)c1cc(Cl)ccc1-n1cccn1.O=C(O)c1cc(Cl)ccc1I. The van der Waals surface area contributed by atoms with Crippen molar-refractivity contribution in [2.75, 3.05) is 6.54 Å². The van der Waals surface area contributed by atoms with Crippen LogP contribution in [0.3, 0.4) is 0 Å². The zero-order valence-corrected chi connectivity index (χ0v) is 19.5. The first kappa shape index (κ1) is 24.6. The average molecular weight is 572 g/mol. The van der Waals surface area contributed by atoms with Crippen molar-refractivity contribution in [2.45, 2.75) is 0 Å². The van der Waals surface area contributed by atoms with Crippen molar-refractivity contribution >= 4 is 63.9 Å². The first-order valence-corrected chi connectivity index (χ1v) is 10.5. The Morgan fingerprint density at radius 2 is 1.65 bits per heavy atom. The molecule has 3 aromatic rings. The summed E-state index contributed by atoms with van der Waals surface area (Å²) in [6.07, 6.45) is 9.02. The number of rotatable bonds is 3. The summed E-state index contributed by atoms with van der Waals surface area (Å²) in [5.74, 6) is -1.97. The molecule has 2 aromatic carbocycles. The highest BCUT2D eigenvalue weighted by Crippen LogP contribution is 2.19. The van der Waals surface area contributed by atoms with E-state index in [2.05, 4.69) is 10.1 Å². The van der Waals surface area contributed by atoms with Gasteiger partial charge in [-0.05, 0) is 71.1 Å². The molecule has 10 heteroatoms. The summed E-state index contributed by atoms with van der Waals surface area (Å²) in [4.78, 5) is 25.3. The predicted molar refractivity (Wildman–Crippen MR) is 129 cm³/mol. The minimum atomic E-state index is -1.02. The number of hydrogen-bond acceptors (Lipinski definition) is 4. The van der Waals surface area contributed by atoms with E-state index in [1.54, 1.807) is 48.9 Å². The lowest BCUT2D eigenvalue weighted by molar-refractivity contribution is 0.0685. The van der Waals surface area contributed by atoms with Gasteiger partial charge in [0.25, 0.3) is 0 Å². The molecule has 4 rings (SSSR count). The molecule has 7 nitrogen and oxygen atoms in total. The number of benzene rings is 2. The molecule has 0 saturated heterocycles. The third-order valence-electron chi connectivity index (χ3n) is 3.64. The van der Waals surface area contributed by atoms with Gasteiger partial charge < -0.3 is 10.2 Å². The second-order valence-corrected chi connectivity index (χ2v) is 7.82. The number of hydrogen-bond donors (Lipinski definition) is 2. The molecule has 0 amide bonds. The summed E-state index contributed by atoms with van der Waals surface area (Å²) >= 11 is 13.3. The third-order valence-corrected chi connectivity index (χ3v) is 5.05. The summed E-state index contributed by atoms with van der Waals surface area (Å²) < 4.78 is 2.18. The van der Waals surface area contributed by atoms with Crippen molar-refractivity contribution in [1.82, 2.24) is 9.78 Å². The van der Waals surface area contributed by atoms with E-state index >= 15 is 0 Å². The Bertz CT molecular complexity index is 1110. The molecule has 160 valence electrons. The van der Waals surface area contributed by atoms with Crippen LogP contribution < -0.4 is 0 Å².